The van der Waals surface area contributed by atoms with Crippen molar-refractivity contribution in [3.8, 4) is 0 Å². The molecule has 0 aliphatic rings. The van der Waals surface area contributed by atoms with Crippen LogP contribution >= 0.6 is 39.1 Å². The molecule has 1 unspecified atom stereocenters. The summed E-state index contributed by atoms with van der Waals surface area (Å²) >= 11 is 15.6. The minimum absolute atomic E-state index is 0.313. The molecule has 0 aromatic heterocycles. The van der Waals surface area contributed by atoms with Gasteiger partial charge in [-0.3, -0.25) is 0 Å². The first-order valence-electron chi connectivity index (χ1n) is 6.66. The summed E-state index contributed by atoms with van der Waals surface area (Å²) in [6.07, 6.45) is 0.942. The van der Waals surface area contributed by atoms with Crippen molar-refractivity contribution < 1.29 is 4.39 Å². The molecule has 0 saturated heterocycles. The number of benzene rings is 2. The number of hydrogen-bond acceptors (Lipinski definition) is 1. The molecule has 0 bridgehead atoms. The van der Waals surface area contributed by atoms with Crippen LogP contribution in [-0.4, -0.2) is 6.54 Å². The maximum absolute atomic E-state index is 14.3. The van der Waals surface area contributed by atoms with Gasteiger partial charge in [0.1, 0.15) is 5.82 Å². The lowest BCUT2D eigenvalue weighted by atomic mass is 9.98. The molecule has 2 rings (SSSR count). The molecule has 112 valence electrons. The second-order valence-corrected chi connectivity index (χ2v) is 6.36. The van der Waals surface area contributed by atoms with Gasteiger partial charge < -0.3 is 5.32 Å². The predicted molar refractivity (Wildman–Crippen MR) is 90.7 cm³/mol. The molecule has 0 radical (unpaired) electrons. The van der Waals surface area contributed by atoms with Crippen molar-refractivity contribution >= 4 is 39.1 Å². The first-order chi connectivity index (χ1) is 10.0. The summed E-state index contributed by atoms with van der Waals surface area (Å²) in [7, 11) is 0. The molecule has 0 amide bonds. The van der Waals surface area contributed by atoms with Crippen molar-refractivity contribution in [3.63, 3.8) is 0 Å². The second kappa shape index (κ2) is 7.59. The van der Waals surface area contributed by atoms with Gasteiger partial charge in [0.15, 0.2) is 0 Å². The Bertz CT molecular complexity index is 634. The maximum atomic E-state index is 14.3. The minimum Gasteiger partial charge on any atom is -0.306 e. The zero-order valence-electron chi connectivity index (χ0n) is 11.5. The summed E-state index contributed by atoms with van der Waals surface area (Å²) in [5, 5.41) is 4.31. The standard InChI is InChI=1S/C16H15BrCl2FN/c1-2-8-21-16(11-7-6-10(18)9-14(11)20)12-4-3-5-13(17)15(12)19/h3-7,9,16,21H,2,8H2,1H3. The molecule has 1 nitrogen and oxygen atoms in total. The highest BCUT2D eigenvalue weighted by Crippen LogP contribution is 2.34. The molecule has 0 heterocycles. The zero-order valence-corrected chi connectivity index (χ0v) is 14.6. The van der Waals surface area contributed by atoms with E-state index in [4.69, 9.17) is 23.2 Å². The van der Waals surface area contributed by atoms with Crippen LogP contribution in [0.15, 0.2) is 40.9 Å². The van der Waals surface area contributed by atoms with Crippen molar-refractivity contribution in [2.75, 3.05) is 6.54 Å². The molecule has 0 spiro atoms. The minimum atomic E-state index is -0.341. The van der Waals surface area contributed by atoms with Crippen LogP contribution in [0.25, 0.3) is 0 Å². The molecule has 1 N–H and O–H groups in total. The highest BCUT2D eigenvalue weighted by Gasteiger charge is 2.20. The van der Waals surface area contributed by atoms with Crippen LogP contribution in [0.2, 0.25) is 10.0 Å². The Morgan fingerprint density at radius 3 is 2.62 bits per heavy atom. The summed E-state index contributed by atoms with van der Waals surface area (Å²) < 4.78 is 15.1. The van der Waals surface area contributed by atoms with E-state index in [1.807, 2.05) is 18.2 Å². The van der Waals surface area contributed by atoms with Crippen LogP contribution in [0, 0.1) is 5.82 Å². The van der Waals surface area contributed by atoms with Gasteiger partial charge in [-0.25, -0.2) is 4.39 Å². The van der Waals surface area contributed by atoms with Gasteiger partial charge in [0.25, 0.3) is 0 Å². The van der Waals surface area contributed by atoms with Gasteiger partial charge in [0.05, 0.1) is 11.1 Å². The Morgan fingerprint density at radius 2 is 1.95 bits per heavy atom. The quantitative estimate of drug-likeness (QED) is 0.661. The van der Waals surface area contributed by atoms with E-state index in [1.54, 1.807) is 12.1 Å². The van der Waals surface area contributed by atoms with E-state index in [0.717, 1.165) is 23.0 Å². The molecule has 5 heteroatoms. The zero-order chi connectivity index (χ0) is 15.4. The van der Waals surface area contributed by atoms with Crippen LogP contribution in [0.3, 0.4) is 0 Å². The van der Waals surface area contributed by atoms with Gasteiger partial charge in [-0.05, 0) is 52.7 Å². The Morgan fingerprint density at radius 1 is 1.19 bits per heavy atom. The third-order valence-electron chi connectivity index (χ3n) is 3.16. The average Bonchev–Trinajstić information content (AvgIpc) is 2.45. The summed E-state index contributed by atoms with van der Waals surface area (Å²) in [6.45, 7) is 2.82. The lowest BCUT2D eigenvalue weighted by molar-refractivity contribution is 0.547. The van der Waals surface area contributed by atoms with E-state index in [1.165, 1.54) is 6.07 Å². The lowest BCUT2D eigenvalue weighted by Gasteiger charge is -2.22. The van der Waals surface area contributed by atoms with E-state index in [0.29, 0.717) is 15.6 Å². The lowest BCUT2D eigenvalue weighted by Crippen LogP contribution is -2.24. The van der Waals surface area contributed by atoms with Crippen LogP contribution in [0.5, 0.6) is 0 Å². The Labute approximate surface area is 142 Å². The fraction of sp³-hybridized carbons (Fsp3) is 0.250. The monoisotopic (exact) mass is 389 g/mol. The van der Waals surface area contributed by atoms with Crippen molar-refractivity contribution in [2.24, 2.45) is 0 Å². The van der Waals surface area contributed by atoms with Gasteiger partial charge >= 0.3 is 0 Å². The van der Waals surface area contributed by atoms with Gasteiger partial charge in [0, 0.05) is 15.1 Å². The van der Waals surface area contributed by atoms with Crippen molar-refractivity contribution in [1.82, 2.24) is 5.32 Å². The van der Waals surface area contributed by atoms with Gasteiger partial charge in [0.2, 0.25) is 0 Å². The van der Waals surface area contributed by atoms with E-state index in [9.17, 15) is 4.39 Å². The average molecular weight is 391 g/mol. The summed E-state index contributed by atoms with van der Waals surface area (Å²) in [6, 6.07) is 10.0. The third kappa shape index (κ3) is 3.98. The van der Waals surface area contributed by atoms with Crippen LogP contribution in [-0.2, 0) is 0 Å². The molecule has 1 atom stereocenters. The van der Waals surface area contributed by atoms with Gasteiger partial charge in [-0.2, -0.15) is 0 Å². The SMILES string of the molecule is CCCNC(c1ccc(Cl)cc1F)c1cccc(Br)c1Cl. The Hall–Kier alpha value is -0.610. The van der Waals surface area contributed by atoms with E-state index >= 15 is 0 Å². The summed E-state index contributed by atoms with van der Waals surface area (Å²) in [4.78, 5) is 0. The predicted octanol–water partition coefficient (Wildman–Crippen LogP) is 5.98. The first-order valence-corrected chi connectivity index (χ1v) is 8.21. The molecule has 0 aliphatic heterocycles. The summed E-state index contributed by atoms with van der Waals surface area (Å²) in [5.41, 5.74) is 1.37. The van der Waals surface area contributed by atoms with E-state index in [2.05, 4.69) is 28.2 Å². The molecule has 2 aromatic carbocycles. The molecule has 0 aliphatic carbocycles. The fourth-order valence-electron chi connectivity index (χ4n) is 2.16. The molecule has 2 aromatic rings. The van der Waals surface area contributed by atoms with Crippen LogP contribution < -0.4 is 5.32 Å². The number of rotatable bonds is 5. The number of halogens is 4. The largest absolute Gasteiger partial charge is 0.306 e. The molecular formula is C16H15BrCl2FN. The van der Waals surface area contributed by atoms with Crippen molar-refractivity contribution in [1.29, 1.82) is 0 Å². The first kappa shape index (κ1) is 16.8. The number of nitrogens with one attached hydrogen (secondary N) is 1. The molecule has 0 fully saturated rings. The molecule has 21 heavy (non-hydrogen) atoms. The Balaban J connectivity index is 2.49. The normalized spacial score (nSPS) is 12.4. The second-order valence-electron chi connectivity index (χ2n) is 4.70. The highest BCUT2D eigenvalue weighted by molar-refractivity contribution is 9.10. The van der Waals surface area contributed by atoms with Crippen molar-refractivity contribution in [2.45, 2.75) is 19.4 Å². The van der Waals surface area contributed by atoms with E-state index in [-0.39, 0.29) is 11.9 Å². The topological polar surface area (TPSA) is 12.0 Å². The Kier molecular flexibility index (Phi) is 6.06. The number of hydrogen-bond donors (Lipinski definition) is 1. The maximum Gasteiger partial charge on any atom is 0.129 e. The smallest absolute Gasteiger partial charge is 0.129 e. The molecular weight excluding hydrogens is 376 g/mol. The third-order valence-corrected chi connectivity index (χ3v) is 4.71. The fourth-order valence-corrected chi connectivity index (χ4v) is 2.93. The van der Waals surface area contributed by atoms with E-state index < -0.39 is 0 Å². The van der Waals surface area contributed by atoms with Gasteiger partial charge in [-0.1, -0.05) is 48.3 Å². The van der Waals surface area contributed by atoms with Gasteiger partial charge in [-0.15, -0.1) is 0 Å². The molecule has 0 saturated carbocycles. The highest BCUT2D eigenvalue weighted by atomic mass is 79.9. The van der Waals surface area contributed by atoms with Crippen LogP contribution in [0.4, 0.5) is 4.39 Å². The summed E-state index contributed by atoms with van der Waals surface area (Å²) in [5.74, 6) is -0.341. The van der Waals surface area contributed by atoms with Crippen LogP contribution in [0.1, 0.15) is 30.5 Å². The van der Waals surface area contributed by atoms with Crippen molar-refractivity contribution in [3.05, 3.63) is 67.9 Å².